The Balaban J connectivity index is 1.14. The van der Waals surface area contributed by atoms with Crippen molar-refractivity contribution in [3.05, 3.63) is 95.1 Å². The fraction of sp³-hybridized carbons (Fsp3) is 0.415. The molecule has 11 heteroatoms. The lowest BCUT2D eigenvalue weighted by Gasteiger charge is -2.24. The number of fused-ring (bicyclic) bond motifs is 1. The van der Waals surface area contributed by atoms with Gasteiger partial charge in [-0.3, -0.25) is 0 Å². The molecule has 1 saturated heterocycles. The van der Waals surface area contributed by atoms with Crippen molar-refractivity contribution in [3.63, 3.8) is 0 Å². The second-order valence-corrected chi connectivity index (χ2v) is 13.3. The first-order valence-corrected chi connectivity index (χ1v) is 17.4. The zero-order chi connectivity index (χ0) is 37.1. The molecule has 0 aliphatic carbocycles. The van der Waals surface area contributed by atoms with Crippen molar-refractivity contribution >= 4 is 0 Å². The van der Waals surface area contributed by atoms with Crippen LogP contribution in [0, 0.1) is 11.8 Å². The molecule has 2 N–H and O–H groups in total. The van der Waals surface area contributed by atoms with Crippen molar-refractivity contribution in [2.24, 2.45) is 11.8 Å². The molecule has 4 aromatic rings. The molecule has 4 aromatic carbocycles. The maximum absolute atomic E-state index is 11.1. The summed E-state index contributed by atoms with van der Waals surface area (Å²) in [6, 6.07) is 22.2. The van der Waals surface area contributed by atoms with E-state index in [-0.39, 0.29) is 30.8 Å². The lowest BCUT2D eigenvalue weighted by atomic mass is 9.85. The standard InChI is InChI=1S/C41H48O11/c1-22-23(2)41(29-12-16-33(36(20-29)47-8)51-25(4)39(43)27-10-14-31-37(18-27)49-21-48-31)52-40(22)28-11-15-32(35(19-28)46-7)50-24(3)38(42)26-9-13-30(44-5)34(17-26)45-6/h9-20,22-25,38-43H,21H2,1-8H3/t22-,23-,24-,25+,38+,39+,40+,41+/m1/s1. The second kappa shape index (κ2) is 15.8. The van der Waals surface area contributed by atoms with Gasteiger partial charge in [0.15, 0.2) is 46.0 Å². The summed E-state index contributed by atoms with van der Waals surface area (Å²) in [4.78, 5) is 0. The highest BCUT2D eigenvalue weighted by Crippen LogP contribution is 2.51. The van der Waals surface area contributed by atoms with Gasteiger partial charge >= 0.3 is 0 Å². The summed E-state index contributed by atoms with van der Waals surface area (Å²) < 4.78 is 52.3. The summed E-state index contributed by atoms with van der Waals surface area (Å²) in [6.07, 6.45) is -3.43. The lowest BCUT2D eigenvalue weighted by Crippen LogP contribution is -2.22. The first-order chi connectivity index (χ1) is 25.1. The van der Waals surface area contributed by atoms with Gasteiger partial charge in [-0.2, -0.15) is 0 Å². The molecule has 0 unspecified atom stereocenters. The van der Waals surface area contributed by atoms with Crippen LogP contribution in [-0.2, 0) is 4.74 Å². The molecule has 11 nitrogen and oxygen atoms in total. The molecule has 1 fully saturated rings. The predicted molar refractivity (Wildman–Crippen MR) is 193 cm³/mol. The molecule has 6 rings (SSSR count). The van der Waals surface area contributed by atoms with Gasteiger partial charge in [-0.15, -0.1) is 0 Å². The molecule has 2 heterocycles. The SMILES string of the molecule is COc1ccc([C@@H](O)[C@@H](C)Oc2ccc([C@H]3O[C@H](c4ccc(O[C@@H](C)[C@H](O)c5ccc6c(c5)OCO6)c(OC)c4)[C@H](C)[C@H]3C)cc2OC)cc1OC. The molecule has 0 radical (unpaired) electrons. The van der Waals surface area contributed by atoms with Crippen LogP contribution in [0.1, 0.15) is 74.4 Å². The topological polar surface area (TPSA) is 124 Å². The summed E-state index contributed by atoms with van der Waals surface area (Å²) >= 11 is 0. The van der Waals surface area contributed by atoms with Crippen molar-refractivity contribution in [1.29, 1.82) is 0 Å². The predicted octanol–water partition coefficient (Wildman–Crippen LogP) is 7.54. The van der Waals surface area contributed by atoms with Gasteiger partial charge in [0.25, 0.3) is 0 Å². The van der Waals surface area contributed by atoms with E-state index >= 15 is 0 Å². The van der Waals surface area contributed by atoms with E-state index in [1.54, 1.807) is 71.8 Å². The molecule has 0 bridgehead atoms. The number of hydrogen-bond donors (Lipinski definition) is 2. The molecule has 2 aliphatic rings. The number of aliphatic hydroxyl groups is 2. The molecule has 0 spiro atoms. The Kier molecular flexibility index (Phi) is 11.2. The van der Waals surface area contributed by atoms with Crippen LogP contribution in [0.4, 0.5) is 0 Å². The molecule has 0 saturated carbocycles. The van der Waals surface area contributed by atoms with Crippen molar-refractivity contribution in [3.8, 4) is 46.0 Å². The third-order valence-electron chi connectivity index (χ3n) is 10.1. The third-order valence-corrected chi connectivity index (χ3v) is 10.1. The van der Waals surface area contributed by atoms with Gasteiger partial charge in [0.2, 0.25) is 6.79 Å². The zero-order valence-corrected chi connectivity index (χ0v) is 30.8. The maximum atomic E-state index is 11.1. The highest BCUT2D eigenvalue weighted by atomic mass is 16.7. The van der Waals surface area contributed by atoms with Gasteiger partial charge in [0.1, 0.15) is 24.4 Å². The van der Waals surface area contributed by atoms with E-state index in [1.165, 1.54) is 0 Å². The minimum Gasteiger partial charge on any atom is -0.493 e. The third kappa shape index (κ3) is 7.39. The van der Waals surface area contributed by atoms with Crippen LogP contribution in [0.2, 0.25) is 0 Å². The van der Waals surface area contributed by atoms with Gasteiger partial charge in [-0.1, -0.05) is 38.1 Å². The summed E-state index contributed by atoms with van der Waals surface area (Å²) in [5.74, 6) is 4.80. The number of ether oxygens (including phenoxy) is 9. The van der Waals surface area contributed by atoms with E-state index in [9.17, 15) is 10.2 Å². The summed E-state index contributed by atoms with van der Waals surface area (Å²) in [5.41, 5.74) is 3.22. The van der Waals surface area contributed by atoms with Crippen molar-refractivity contribution in [2.45, 2.75) is 64.3 Å². The fourth-order valence-electron chi connectivity index (χ4n) is 6.84. The highest BCUT2D eigenvalue weighted by molar-refractivity contribution is 5.48. The van der Waals surface area contributed by atoms with Crippen LogP contribution < -0.4 is 37.9 Å². The van der Waals surface area contributed by atoms with Crippen molar-refractivity contribution < 1.29 is 52.8 Å². The first-order valence-electron chi connectivity index (χ1n) is 17.4. The molecule has 8 atom stereocenters. The Labute approximate surface area is 304 Å². The van der Waals surface area contributed by atoms with E-state index in [0.29, 0.717) is 57.1 Å². The number of benzene rings is 4. The van der Waals surface area contributed by atoms with Gasteiger partial charge in [-0.05, 0) is 96.5 Å². The minimum atomic E-state index is -0.930. The van der Waals surface area contributed by atoms with Crippen molar-refractivity contribution in [1.82, 2.24) is 0 Å². The monoisotopic (exact) mass is 716 g/mol. The van der Waals surface area contributed by atoms with Gasteiger partial charge < -0.3 is 52.8 Å². The molecule has 0 aromatic heterocycles. The Morgan fingerprint density at radius 2 is 0.981 bits per heavy atom. The van der Waals surface area contributed by atoms with Crippen LogP contribution in [0.25, 0.3) is 0 Å². The molecule has 2 aliphatic heterocycles. The Hall–Kier alpha value is -4.84. The molecule has 278 valence electrons. The highest BCUT2D eigenvalue weighted by Gasteiger charge is 2.41. The number of methoxy groups -OCH3 is 4. The lowest BCUT2D eigenvalue weighted by molar-refractivity contribution is 0.0281. The zero-order valence-electron chi connectivity index (χ0n) is 30.8. The number of rotatable bonds is 14. The summed E-state index contributed by atoms with van der Waals surface area (Å²) in [5, 5.41) is 22.2. The Bertz CT molecular complexity index is 1840. The summed E-state index contributed by atoms with van der Waals surface area (Å²) in [7, 11) is 6.31. The Morgan fingerprint density at radius 3 is 1.50 bits per heavy atom. The normalized spacial score (nSPS) is 21.5. The summed E-state index contributed by atoms with van der Waals surface area (Å²) in [6.45, 7) is 8.14. The van der Waals surface area contributed by atoms with Gasteiger partial charge in [0.05, 0.1) is 40.6 Å². The fourth-order valence-corrected chi connectivity index (χ4v) is 6.84. The van der Waals surface area contributed by atoms with Gasteiger partial charge in [-0.25, -0.2) is 0 Å². The second-order valence-electron chi connectivity index (χ2n) is 13.3. The van der Waals surface area contributed by atoms with Crippen LogP contribution in [-0.4, -0.2) is 57.7 Å². The van der Waals surface area contributed by atoms with Crippen LogP contribution in [0.3, 0.4) is 0 Å². The maximum Gasteiger partial charge on any atom is 0.231 e. The number of aliphatic hydroxyl groups excluding tert-OH is 2. The largest absolute Gasteiger partial charge is 0.493 e. The average molecular weight is 717 g/mol. The smallest absolute Gasteiger partial charge is 0.231 e. The molecule has 52 heavy (non-hydrogen) atoms. The van der Waals surface area contributed by atoms with Crippen molar-refractivity contribution in [2.75, 3.05) is 35.2 Å². The first kappa shape index (κ1) is 36.9. The molecular formula is C41H48O11. The van der Waals surface area contributed by atoms with E-state index in [1.807, 2.05) is 43.3 Å². The van der Waals surface area contributed by atoms with Crippen LogP contribution in [0.15, 0.2) is 72.8 Å². The Morgan fingerprint density at radius 1 is 0.538 bits per heavy atom. The van der Waals surface area contributed by atoms with E-state index in [4.69, 9.17) is 42.6 Å². The number of hydrogen-bond acceptors (Lipinski definition) is 11. The quantitative estimate of drug-likeness (QED) is 0.135. The minimum absolute atomic E-state index is 0.164. The van der Waals surface area contributed by atoms with Crippen LogP contribution in [0.5, 0.6) is 46.0 Å². The van der Waals surface area contributed by atoms with E-state index < -0.39 is 24.4 Å². The van der Waals surface area contributed by atoms with Gasteiger partial charge in [0, 0.05) is 0 Å². The average Bonchev–Trinajstić information content (AvgIpc) is 3.77. The van der Waals surface area contributed by atoms with Crippen LogP contribution >= 0.6 is 0 Å². The molecule has 0 amide bonds. The van der Waals surface area contributed by atoms with E-state index in [2.05, 4.69) is 13.8 Å². The molecular weight excluding hydrogens is 668 g/mol. The van der Waals surface area contributed by atoms with E-state index in [0.717, 1.165) is 11.1 Å².